The van der Waals surface area contributed by atoms with Crippen LogP contribution in [0.25, 0.3) is 0 Å². The first-order valence-corrected chi connectivity index (χ1v) is 5.35. The first kappa shape index (κ1) is 10.2. The summed E-state index contributed by atoms with van der Waals surface area (Å²) in [5.41, 5.74) is 0. The van der Waals surface area contributed by atoms with E-state index in [1.165, 1.54) is 12.7 Å². The highest BCUT2D eigenvalue weighted by Crippen LogP contribution is 2.22. The molecule has 1 aliphatic carbocycles. The number of nitrogens with zero attached hydrogens (tertiary/aromatic N) is 1. The minimum Gasteiger partial charge on any atom is -0.459 e. The first-order chi connectivity index (χ1) is 7.29. The Bertz CT molecular complexity index is 315. The number of hydrogen-bond acceptors (Lipinski definition) is 3. The molecule has 1 saturated carbocycles. The summed E-state index contributed by atoms with van der Waals surface area (Å²) in [6.07, 6.45) is 6.54. The second kappa shape index (κ2) is 4.49. The summed E-state index contributed by atoms with van der Waals surface area (Å²) in [5, 5.41) is 10.6. The molecule has 1 fully saturated rings. The largest absolute Gasteiger partial charge is 0.459 e. The van der Waals surface area contributed by atoms with Crippen LogP contribution in [0.5, 0.6) is 0 Å². The minimum atomic E-state index is -0.438. The Labute approximate surface area is 88.4 Å². The molecular formula is C11H15NO3. The van der Waals surface area contributed by atoms with Gasteiger partial charge in [-0.15, -0.1) is 0 Å². The Hall–Kier alpha value is -1.29. The molecule has 2 rings (SSSR count). The van der Waals surface area contributed by atoms with Crippen molar-refractivity contribution in [2.45, 2.75) is 38.1 Å². The third kappa shape index (κ3) is 2.21. The summed E-state index contributed by atoms with van der Waals surface area (Å²) in [6, 6.07) is 3.16. The standard InChI is InChI=1S/C11H15NO3/c13-11(10-7-4-8-15-10)12(14)9-5-2-1-3-6-9/h4,7-9,14H,1-3,5-6H2. The van der Waals surface area contributed by atoms with E-state index in [1.807, 2.05) is 0 Å². The maximum Gasteiger partial charge on any atom is 0.313 e. The van der Waals surface area contributed by atoms with Gasteiger partial charge in [0.05, 0.1) is 12.3 Å². The lowest BCUT2D eigenvalue weighted by atomic mass is 9.95. The van der Waals surface area contributed by atoms with E-state index in [0.717, 1.165) is 30.7 Å². The number of rotatable bonds is 2. The number of furan rings is 1. The maximum atomic E-state index is 11.7. The minimum absolute atomic E-state index is 0.0450. The number of carbonyl (C=O) groups excluding carboxylic acids is 1. The molecule has 1 aromatic rings. The van der Waals surface area contributed by atoms with Crippen LogP contribution in [0.15, 0.2) is 22.8 Å². The Kier molecular flexibility index (Phi) is 3.06. The van der Waals surface area contributed by atoms with E-state index in [4.69, 9.17) is 4.42 Å². The maximum absolute atomic E-state index is 11.7. The SMILES string of the molecule is O=C(c1ccco1)N(O)C1CCCCC1. The zero-order valence-electron chi connectivity index (χ0n) is 8.56. The van der Waals surface area contributed by atoms with Gasteiger partial charge in [0.2, 0.25) is 0 Å². The van der Waals surface area contributed by atoms with E-state index in [-0.39, 0.29) is 11.8 Å². The predicted molar refractivity (Wildman–Crippen MR) is 53.5 cm³/mol. The molecule has 0 radical (unpaired) electrons. The van der Waals surface area contributed by atoms with Gasteiger partial charge in [-0.05, 0) is 25.0 Å². The molecule has 1 aliphatic rings. The van der Waals surface area contributed by atoms with Crippen molar-refractivity contribution in [2.24, 2.45) is 0 Å². The van der Waals surface area contributed by atoms with Crippen molar-refractivity contribution >= 4 is 5.91 Å². The Morgan fingerprint density at radius 2 is 2.13 bits per heavy atom. The zero-order valence-corrected chi connectivity index (χ0v) is 8.56. The van der Waals surface area contributed by atoms with E-state index < -0.39 is 5.91 Å². The van der Waals surface area contributed by atoms with Gasteiger partial charge in [-0.25, -0.2) is 5.06 Å². The van der Waals surface area contributed by atoms with Gasteiger partial charge in [-0.2, -0.15) is 0 Å². The molecule has 82 valence electrons. The molecule has 1 heterocycles. The van der Waals surface area contributed by atoms with Crippen LogP contribution in [-0.2, 0) is 0 Å². The van der Waals surface area contributed by atoms with Gasteiger partial charge >= 0.3 is 5.91 Å². The van der Waals surface area contributed by atoms with Crippen molar-refractivity contribution in [3.05, 3.63) is 24.2 Å². The second-order valence-corrected chi connectivity index (χ2v) is 3.92. The quantitative estimate of drug-likeness (QED) is 0.601. The van der Waals surface area contributed by atoms with E-state index in [9.17, 15) is 10.0 Å². The molecule has 0 bridgehead atoms. The highest BCUT2D eigenvalue weighted by Gasteiger charge is 2.26. The second-order valence-electron chi connectivity index (χ2n) is 3.92. The van der Waals surface area contributed by atoms with Crippen LogP contribution < -0.4 is 0 Å². The molecule has 0 spiro atoms. The number of hydroxylamine groups is 2. The average Bonchev–Trinajstić information content (AvgIpc) is 2.82. The molecule has 0 aromatic carbocycles. The third-order valence-electron chi connectivity index (χ3n) is 2.86. The van der Waals surface area contributed by atoms with Crippen molar-refractivity contribution in [3.8, 4) is 0 Å². The lowest BCUT2D eigenvalue weighted by Crippen LogP contribution is -2.38. The zero-order chi connectivity index (χ0) is 10.7. The van der Waals surface area contributed by atoms with Crippen molar-refractivity contribution in [1.29, 1.82) is 0 Å². The third-order valence-corrected chi connectivity index (χ3v) is 2.86. The predicted octanol–water partition coefficient (Wildman–Crippen LogP) is 2.44. The van der Waals surface area contributed by atoms with Crippen molar-refractivity contribution in [1.82, 2.24) is 5.06 Å². The van der Waals surface area contributed by atoms with Crippen LogP contribution in [0.1, 0.15) is 42.7 Å². The molecule has 0 saturated heterocycles. The molecular weight excluding hydrogens is 194 g/mol. The topological polar surface area (TPSA) is 53.7 Å². The lowest BCUT2D eigenvalue weighted by Gasteiger charge is -2.28. The molecule has 0 aliphatic heterocycles. The summed E-state index contributed by atoms with van der Waals surface area (Å²) in [4.78, 5) is 11.7. The van der Waals surface area contributed by atoms with Crippen LogP contribution in [0.2, 0.25) is 0 Å². The number of amides is 1. The van der Waals surface area contributed by atoms with Crippen LogP contribution >= 0.6 is 0 Å². The van der Waals surface area contributed by atoms with E-state index in [2.05, 4.69) is 0 Å². The summed E-state index contributed by atoms with van der Waals surface area (Å²) < 4.78 is 4.96. The fourth-order valence-corrected chi connectivity index (χ4v) is 2.00. The molecule has 15 heavy (non-hydrogen) atoms. The number of carbonyl (C=O) groups is 1. The summed E-state index contributed by atoms with van der Waals surface area (Å²) in [5.74, 6) is -0.241. The average molecular weight is 209 g/mol. The fraction of sp³-hybridized carbons (Fsp3) is 0.545. The van der Waals surface area contributed by atoms with E-state index >= 15 is 0 Å². The molecule has 0 atom stereocenters. The summed E-state index contributed by atoms with van der Waals surface area (Å²) >= 11 is 0. The van der Waals surface area contributed by atoms with Gasteiger partial charge in [-0.3, -0.25) is 10.0 Å². The summed E-state index contributed by atoms with van der Waals surface area (Å²) in [7, 11) is 0. The smallest absolute Gasteiger partial charge is 0.313 e. The summed E-state index contributed by atoms with van der Waals surface area (Å²) in [6.45, 7) is 0. The van der Waals surface area contributed by atoms with Crippen molar-refractivity contribution < 1.29 is 14.4 Å². The van der Waals surface area contributed by atoms with Crippen molar-refractivity contribution in [2.75, 3.05) is 0 Å². The molecule has 1 amide bonds. The van der Waals surface area contributed by atoms with Crippen LogP contribution in [0.4, 0.5) is 0 Å². The molecule has 4 heteroatoms. The van der Waals surface area contributed by atoms with Crippen LogP contribution in [0, 0.1) is 0 Å². The lowest BCUT2D eigenvalue weighted by molar-refractivity contribution is -0.0979. The fourth-order valence-electron chi connectivity index (χ4n) is 2.00. The highest BCUT2D eigenvalue weighted by atomic mass is 16.5. The van der Waals surface area contributed by atoms with Gasteiger partial charge in [0, 0.05) is 0 Å². The van der Waals surface area contributed by atoms with Gasteiger partial charge in [-0.1, -0.05) is 19.3 Å². The van der Waals surface area contributed by atoms with E-state index in [1.54, 1.807) is 12.1 Å². The van der Waals surface area contributed by atoms with Gasteiger partial charge < -0.3 is 4.42 Å². The van der Waals surface area contributed by atoms with Crippen molar-refractivity contribution in [3.63, 3.8) is 0 Å². The van der Waals surface area contributed by atoms with Crippen LogP contribution in [0.3, 0.4) is 0 Å². The molecule has 0 unspecified atom stereocenters. The monoisotopic (exact) mass is 209 g/mol. The number of hydrogen-bond donors (Lipinski definition) is 1. The normalized spacial score (nSPS) is 17.7. The molecule has 1 N–H and O–H groups in total. The van der Waals surface area contributed by atoms with Gasteiger partial charge in [0.25, 0.3) is 0 Å². The Balaban J connectivity index is 2.00. The Morgan fingerprint density at radius 3 is 2.73 bits per heavy atom. The molecule has 1 aromatic heterocycles. The van der Waals surface area contributed by atoms with Crippen LogP contribution in [-0.4, -0.2) is 22.2 Å². The molecule has 4 nitrogen and oxygen atoms in total. The van der Waals surface area contributed by atoms with E-state index in [0.29, 0.717) is 0 Å². The van der Waals surface area contributed by atoms with Gasteiger partial charge in [0.15, 0.2) is 5.76 Å². The Morgan fingerprint density at radius 1 is 1.40 bits per heavy atom. The highest BCUT2D eigenvalue weighted by molar-refractivity contribution is 5.90. The first-order valence-electron chi connectivity index (χ1n) is 5.35. The van der Waals surface area contributed by atoms with Gasteiger partial charge in [0.1, 0.15) is 0 Å².